The number of para-hydroxylation sites is 1. The van der Waals surface area contributed by atoms with Crippen molar-refractivity contribution in [3.8, 4) is 0 Å². The average Bonchev–Trinajstić information content (AvgIpc) is 2.91. The minimum absolute atomic E-state index is 0.0454. The number of benzene rings is 1. The minimum atomic E-state index is -0.540. The Labute approximate surface area is 156 Å². The molecule has 0 spiro atoms. The van der Waals surface area contributed by atoms with Gasteiger partial charge in [-0.1, -0.05) is 29.8 Å². The Morgan fingerprint density at radius 1 is 1.15 bits per heavy atom. The zero-order valence-corrected chi connectivity index (χ0v) is 15.8. The van der Waals surface area contributed by atoms with Crippen LogP contribution in [0.25, 0.3) is 10.9 Å². The van der Waals surface area contributed by atoms with Gasteiger partial charge >= 0.3 is 5.97 Å². The maximum Gasteiger partial charge on any atom is 0.355 e. The molecule has 0 atom stereocenters. The van der Waals surface area contributed by atoms with Gasteiger partial charge in [0.15, 0.2) is 5.78 Å². The van der Waals surface area contributed by atoms with Gasteiger partial charge < -0.3 is 9.72 Å². The number of hydrogen-bond acceptors (Lipinski definition) is 4. The van der Waals surface area contributed by atoms with Crippen molar-refractivity contribution in [2.75, 3.05) is 0 Å². The molecule has 26 heavy (non-hydrogen) atoms. The van der Waals surface area contributed by atoms with Crippen molar-refractivity contribution in [3.05, 3.63) is 63.1 Å². The van der Waals surface area contributed by atoms with Crippen LogP contribution in [0.3, 0.4) is 0 Å². The molecular weight excluding hydrogens is 352 g/mol. The Morgan fingerprint density at radius 2 is 1.85 bits per heavy atom. The van der Waals surface area contributed by atoms with Gasteiger partial charge in [0.25, 0.3) is 0 Å². The molecule has 1 aromatic carbocycles. The van der Waals surface area contributed by atoms with Gasteiger partial charge in [-0.25, -0.2) is 9.78 Å². The van der Waals surface area contributed by atoms with Gasteiger partial charge in [0.05, 0.1) is 16.2 Å². The number of carbonyl (C=O) groups is 2. The third kappa shape index (κ3) is 3.10. The molecule has 2 aromatic heterocycles. The number of pyridine rings is 1. The van der Waals surface area contributed by atoms with Crippen molar-refractivity contribution >= 4 is 34.3 Å². The quantitative estimate of drug-likeness (QED) is 0.533. The third-order valence-electron chi connectivity index (χ3n) is 4.48. The number of hydrogen-bond donors (Lipinski definition) is 1. The lowest BCUT2D eigenvalue weighted by atomic mass is 10.1. The van der Waals surface area contributed by atoms with Gasteiger partial charge in [0.1, 0.15) is 12.3 Å². The zero-order valence-electron chi connectivity index (χ0n) is 15.1. The molecule has 0 aliphatic rings. The summed E-state index contributed by atoms with van der Waals surface area (Å²) in [5.74, 6) is -0.632. The second-order valence-electron chi connectivity index (χ2n) is 6.27. The molecule has 0 saturated heterocycles. The Balaban J connectivity index is 1.87. The van der Waals surface area contributed by atoms with Crippen LogP contribution in [0, 0.1) is 20.8 Å². The second kappa shape index (κ2) is 6.92. The van der Waals surface area contributed by atoms with E-state index in [1.165, 1.54) is 6.92 Å². The molecule has 0 radical (unpaired) electrons. The van der Waals surface area contributed by atoms with Crippen molar-refractivity contribution in [1.29, 1.82) is 0 Å². The van der Waals surface area contributed by atoms with E-state index in [9.17, 15) is 9.59 Å². The van der Waals surface area contributed by atoms with E-state index in [1.54, 1.807) is 13.8 Å². The van der Waals surface area contributed by atoms with E-state index in [2.05, 4.69) is 9.97 Å². The van der Waals surface area contributed by atoms with Crippen LogP contribution in [0.15, 0.2) is 24.3 Å². The number of rotatable bonds is 4. The molecule has 0 unspecified atom stereocenters. The number of ether oxygens (including phenoxy) is 1. The molecule has 5 nitrogen and oxygen atoms in total. The van der Waals surface area contributed by atoms with Gasteiger partial charge in [-0.2, -0.15) is 0 Å². The number of aromatic nitrogens is 2. The van der Waals surface area contributed by atoms with E-state index in [1.807, 2.05) is 31.2 Å². The first-order valence-electron chi connectivity index (χ1n) is 8.22. The van der Waals surface area contributed by atoms with Crippen LogP contribution in [0.5, 0.6) is 0 Å². The molecule has 0 fully saturated rings. The monoisotopic (exact) mass is 370 g/mol. The van der Waals surface area contributed by atoms with Crippen LogP contribution in [-0.4, -0.2) is 21.7 Å². The van der Waals surface area contributed by atoms with Crippen molar-refractivity contribution in [3.63, 3.8) is 0 Å². The molecule has 0 aliphatic heterocycles. The molecule has 6 heteroatoms. The molecule has 0 aliphatic carbocycles. The van der Waals surface area contributed by atoms with Crippen molar-refractivity contribution in [1.82, 2.24) is 9.97 Å². The number of ketones is 1. The number of aromatic amines is 1. The molecule has 3 rings (SSSR count). The van der Waals surface area contributed by atoms with Crippen LogP contribution < -0.4 is 0 Å². The summed E-state index contributed by atoms with van der Waals surface area (Å²) in [5.41, 5.74) is 4.24. The maximum absolute atomic E-state index is 12.5. The number of nitrogens with zero attached hydrogens (tertiary/aromatic N) is 1. The molecule has 2 heterocycles. The predicted molar refractivity (Wildman–Crippen MR) is 101 cm³/mol. The number of H-pyrrole nitrogens is 1. The van der Waals surface area contributed by atoms with E-state index in [0.29, 0.717) is 27.5 Å². The third-order valence-corrected chi connectivity index (χ3v) is 4.98. The standard InChI is InChI=1S/C20H19ClN2O3/c1-10-14-7-5-6-8-15(14)23-16(18(10)21)9-26-20(25)19-11(2)17(13(4)24)12(3)22-19/h5-8,22H,9H2,1-4H3. The summed E-state index contributed by atoms with van der Waals surface area (Å²) in [6.07, 6.45) is 0. The van der Waals surface area contributed by atoms with Crippen LogP contribution in [-0.2, 0) is 11.3 Å². The van der Waals surface area contributed by atoms with Gasteiger partial charge in [0, 0.05) is 16.6 Å². The van der Waals surface area contributed by atoms with E-state index in [0.717, 1.165) is 16.5 Å². The van der Waals surface area contributed by atoms with Gasteiger partial charge in [-0.05, 0) is 44.9 Å². The topological polar surface area (TPSA) is 72.0 Å². The molecule has 3 aromatic rings. The smallest absolute Gasteiger partial charge is 0.355 e. The summed E-state index contributed by atoms with van der Waals surface area (Å²) >= 11 is 6.40. The van der Waals surface area contributed by atoms with E-state index in [-0.39, 0.29) is 18.1 Å². The van der Waals surface area contributed by atoms with E-state index >= 15 is 0 Å². The number of nitrogens with one attached hydrogen (secondary N) is 1. The fourth-order valence-corrected chi connectivity index (χ4v) is 3.40. The van der Waals surface area contributed by atoms with Crippen LogP contribution in [0.1, 0.15) is 50.3 Å². The maximum atomic E-state index is 12.5. The summed E-state index contributed by atoms with van der Waals surface area (Å²) in [5, 5.41) is 1.45. The van der Waals surface area contributed by atoms with Crippen molar-refractivity contribution < 1.29 is 14.3 Å². The first-order chi connectivity index (χ1) is 12.3. The van der Waals surface area contributed by atoms with Gasteiger partial charge in [0.2, 0.25) is 0 Å². The fraction of sp³-hybridized carbons (Fsp3) is 0.250. The van der Waals surface area contributed by atoms with Crippen LogP contribution >= 0.6 is 11.6 Å². The Bertz CT molecular complexity index is 1040. The highest BCUT2D eigenvalue weighted by atomic mass is 35.5. The number of esters is 1. The lowest BCUT2D eigenvalue weighted by molar-refractivity contribution is 0.0461. The zero-order chi connectivity index (χ0) is 19.0. The normalized spacial score (nSPS) is 11.0. The molecule has 0 amide bonds. The predicted octanol–water partition coefficient (Wildman–Crippen LogP) is 4.70. The number of halogens is 1. The van der Waals surface area contributed by atoms with Crippen molar-refractivity contribution in [2.45, 2.75) is 34.3 Å². The second-order valence-corrected chi connectivity index (χ2v) is 6.65. The van der Waals surface area contributed by atoms with E-state index in [4.69, 9.17) is 16.3 Å². The highest BCUT2D eigenvalue weighted by Crippen LogP contribution is 2.27. The van der Waals surface area contributed by atoms with Crippen LogP contribution in [0.4, 0.5) is 0 Å². The Kier molecular flexibility index (Phi) is 4.83. The SMILES string of the molecule is CC(=O)c1c(C)[nH]c(C(=O)OCc2nc3ccccc3c(C)c2Cl)c1C. The summed E-state index contributed by atoms with van der Waals surface area (Å²) in [6, 6.07) is 7.66. The fourth-order valence-electron chi connectivity index (χ4n) is 3.20. The summed E-state index contributed by atoms with van der Waals surface area (Å²) in [4.78, 5) is 31.6. The molecule has 0 saturated carbocycles. The largest absolute Gasteiger partial charge is 0.454 e. The van der Waals surface area contributed by atoms with Gasteiger partial charge in [-0.15, -0.1) is 0 Å². The average molecular weight is 371 g/mol. The van der Waals surface area contributed by atoms with Crippen molar-refractivity contribution in [2.24, 2.45) is 0 Å². The minimum Gasteiger partial charge on any atom is -0.454 e. The highest BCUT2D eigenvalue weighted by molar-refractivity contribution is 6.32. The molecule has 0 bridgehead atoms. The molecule has 1 N–H and O–H groups in total. The molecular formula is C20H19ClN2O3. The summed E-state index contributed by atoms with van der Waals surface area (Å²) < 4.78 is 5.40. The lowest BCUT2D eigenvalue weighted by Gasteiger charge is -2.10. The van der Waals surface area contributed by atoms with Gasteiger partial charge in [-0.3, -0.25) is 4.79 Å². The van der Waals surface area contributed by atoms with E-state index < -0.39 is 5.97 Å². The number of fused-ring (bicyclic) bond motifs is 1. The first-order valence-corrected chi connectivity index (χ1v) is 8.60. The lowest BCUT2D eigenvalue weighted by Crippen LogP contribution is -2.09. The first kappa shape index (κ1) is 18.1. The Morgan fingerprint density at radius 3 is 2.50 bits per heavy atom. The number of aryl methyl sites for hydroxylation is 2. The summed E-state index contributed by atoms with van der Waals surface area (Å²) in [6.45, 7) is 6.82. The summed E-state index contributed by atoms with van der Waals surface area (Å²) in [7, 11) is 0. The number of Topliss-reactive ketones (excluding diaryl/α,β-unsaturated/α-hetero) is 1. The molecule has 134 valence electrons. The van der Waals surface area contributed by atoms with Crippen LogP contribution in [0.2, 0.25) is 5.02 Å². The Hall–Kier alpha value is -2.66. The number of carbonyl (C=O) groups excluding carboxylic acids is 2. The highest BCUT2D eigenvalue weighted by Gasteiger charge is 2.21.